The molecule has 0 saturated heterocycles. The Morgan fingerprint density at radius 2 is 0.848 bits per heavy atom. The Hall–Kier alpha value is -5.26. The van der Waals surface area contributed by atoms with Crippen LogP contribution in [0.4, 0.5) is 17.6 Å². The molecule has 3 rings (SSSR count). The molecule has 0 amide bonds. The maximum Gasteiger partial charge on any atom is 0.197 e. The maximum absolute atomic E-state index is 15.1. The van der Waals surface area contributed by atoms with Crippen LogP contribution in [0.5, 0.6) is 0 Å². The van der Waals surface area contributed by atoms with Crippen molar-refractivity contribution in [1.29, 1.82) is 0 Å². The van der Waals surface area contributed by atoms with Crippen molar-refractivity contribution in [3.63, 3.8) is 0 Å². The van der Waals surface area contributed by atoms with Gasteiger partial charge in [-0.25, -0.2) is 17.6 Å². The molecule has 0 N–H and O–H groups in total. The van der Waals surface area contributed by atoms with Crippen molar-refractivity contribution in [1.82, 2.24) is 0 Å². The van der Waals surface area contributed by atoms with E-state index in [0.717, 1.165) is 75.3 Å². The molecular formula is C42H34F4. The lowest BCUT2D eigenvalue weighted by Crippen LogP contribution is -2.04. The quantitative estimate of drug-likeness (QED) is 0.0702. The summed E-state index contributed by atoms with van der Waals surface area (Å²) in [6, 6.07) is 11.0. The van der Waals surface area contributed by atoms with E-state index in [1.165, 1.54) is 0 Å². The summed E-state index contributed by atoms with van der Waals surface area (Å²) in [4.78, 5) is 0. The number of hydrogen-bond donors (Lipinski definition) is 0. The Bertz CT molecular complexity index is 1770. The van der Waals surface area contributed by atoms with Crippen LogP contribution in [0.25, 0.3) is 0 Å². The molecule has 3 aromatic carbocycles. The molecule has 0 radical (unpaired) electrons. The fraction of sp³-hybridized carbons (Fsp3) is 0.286. The molecule has 0 nitrogen and oxygen atoms in total. The predicted octanol–water partition coefficient (Wildman–Crippen LogP) is 9.26. The van der Waals surface area contributed by atoms with E-state index in [9.17, 15) is 13.2 Å². The number of benzene rings is 3. The van der Waals surface area contributed by atoms with Gasteiger partial charge in [-0.15, -0.1) is 12.8 Å². The van der Waals surface area contributed by atoms with E-state index in [0.29, 0.717) is 22.3 Å². The minimum atomic E-state index is -1.89. The smallest absolute Gasteiger partial charge is 0.197 e. The number of unbranched alkanes of at least 4 members (excludes halogenated alkanes) is 6. The molecular weight excluding hydrogens is 580 g/mol. The van der Waals surface area contributed by atoms with Gasteiger partial charge in [-0.2, -0.15) is 0 Å². The molecule has 3 aromatic rings. The molecule has 4 heteroatoms. The van der Waals surface area contributed by atoms with E-state index in [2.05, 4.69) is 73.1 Å². The fourth-order valence-electron chi connectivity index (χ4n) is 4.74. The molecule has 0 aliphatic heterocycles. The number of terminal acetylenes is 2. The van der Waals surface area contributed by atoms with Gasteiger partial charge in [-0.3, -0.25) is 0 Å². The van der Waals surface area contributed by atoms with Crippen molar-refractivity contribution in [2.75, 3.05) is 0 Å². The summed E-state index contributed by atoms with van der Waals surface area (Å²) in [7, 11) is 0. The molecule has 0 spiro atoms. The topological polar surface area (TPSA) is 0 Å². The summed E-state index contributed by atoms with van der Waals surface area (Å²) in [5, 5.41) is 0. The highest BCUT2D eigenvalue weighted by molar-refractivity contribution is 5.54. The Labute approximate surface area is 271 Å². The molecule has 0 bridgehead atoms. The lowest BCUT2D eigenvalue weighted by molar-refractivity contribution is 0.430. The predicted molar refractivity (Wildman–Crippen MR) is 178 cm³/mol. The van der Waals surface area contributed by atoms with Crippen molar-refractivity contribution in [2.24, 2.45) is 0 Å². The zero-order valence-corrected chi connectivity index (χ0v) is 26.2. The average Bonchev–Trinajstić information content (AvgIpc) is 3.06. The van der Waals surface area contributed by atoms with Gasteiger partial charge in [0, 0.05) is 22.3 Å². The number of rotatable bonds is 10. The standard InChI is InChI=1S/C42H34F4/c1-5-9-11-13-19-33-25-31(7-3)27-35(29-33)21-15-17-23-37-39(43)38(41(45)42(46)40(37)44)24-18-16-22-36-28-32(8-4)26-34(30-36)20-14-12-10-6-2/h3-4,25-30H,5-6,9-14,19-20H2,1-2H3. The van der Waals surface area contributed by atoms with Gasteiger partial charge >= 0.3 is 0 Å². The number of hydrogen-bond acceptors (Lipinski definition) is 0. The van der Waals surface area contributed by atoms with Gasteiger partial charge in [-0.05, 0) is 109 Å². The van der Waals surface area contributed by atoms with E-state index >= 15 is 4.39 Å². The summed E-state index contributed by atoms with van der Waals surface area (Å²) in [6.45, 7) is 4.28. The molecule has 0 heterocycles. The van der Waals surface area contributed by atoms with Crippen LogP contribution in [0.1, 0.15) is 110 Å². The normalized spacial score (nSPS) is 9.65. The monoisotopic (exact) mass is 614 g/mol. The van der Waals surface area contributed by atoms with E-state index < -0.39 is 34.4 Å². The highest BCUT2D eigenvalue weighted by Gasteiger charge is 2.23. The zero-order chi connectivity index (χ0) is 33.3. The van der Waals surface area contributed by atoms with E-state index in [-0.39, 0.29) is 0 Å². The molecule has 0 aromatic heterocycles. The fourth-order valence-corrected chi connectivity index (χ4v) is 4.74. The first-order valence-electron chi connectivity index (χ1n) is 15.4. The SMILES string of the molecule is C#Cc1cc(C#CC#Cc2c(F)c(F)c(F)c(C#CC#Cc3cc(C#C)cc(CCCCCC)c3)c2F)cc(CCCCCC)c1. The first kappa shape index (κ1) is 35.2. The summed E-state index contributed by atoms with van der Waals surface area (Å²) in [6.07, 6.45) is 21.6. The Morgan fingerprint density at radius 3 is 1.24 bits per heavy atom. The molecule has 0 unspecified atom stereocenters. The Morgan fingerprint density at radius 1 is 0.457 bits per heavy atom. The van der Waals surface area contributed by atoms with Crippen LogP contribution < -0.4 is 0 Å². The highest BCUT2D eigenvalue weighted by atomic mass is 19.2. The van der Waals surface area contributed by atoms with Gasteiger partial charge < -0.3 is 0 Å². The van der Waals surface area contributed by atoms with E-state index in [1.54, 1.807) is 12.1 Å². The second-order valence-corrected chi connectivity index (χ2v) is 10.8. The molecule has 0 fully saturated rings. The third kappa shape index (κ3) is 10.4. The van der Waals surface area contributed by atoms with E-state index in [1.807, 2.05) is 24.3 Å². The largest absolute Gasteiger partial charge is 0.204 e. The second kappa shape index (κ2) is 18.5. The van der Waals surface area contributed by atoms with Crippen LogP contribution in [-0.4, -0.2) is 0 Å². The summed E-state index contributed by atoms with van der Waals surface area (Å²) < 4.78 is 58.5. The van der Waals surface area contributed by atoms with Gasteiger partial charge in [0.05, 0.1) is 0 Å². The zero-order valence-electron chi connectivity index (χ0n) is 26.2. The van der Waals surface area contributed by atoms with Gasteiger partial charge in [0.2, 0.25) is 0 Å². The molecule has 46 heavy (non-hydrogen) atoms. The summed E-state index contributed by atoms with van der Waals surface area (Å²) >= 11 is 0. The Balaban J connectivity index is 1.86. The maximum atomic E-state index is 15.1. The van der Waals surface area contributed by atoms with E-state index in [4.69, 9.17) is 12.8 Å². The number of halogens is 4. The van der Waals surface area contributed by atoms with Crippen molar-refractivity contribution >= 4 is 0 Å². The lowest BCUT2D eigenvalue weighted by atomic mass is 10.0. The van der Waals surface area contributed by atoms with Crippen LogP contribution in [0.15, 0.2) is 36.4 Å². The van der Waals surface area contributed by atoms with Gasteiger partial charge in [0.25, 0.3) is 0 Å². The van der Waals surface area contributed by atoms with Gasteiger partial charge in [-0.1, -0.05) is 76.1 Å². The van der Waals surface area contributed by atoms with Crippen LogP contribution in [0.3, 0.4) is 0 Å². The first-order chi connectivity index (χ1) is 22.3. The minimum Gasteiger partial charge on any atom is -0.204 e. The molecule has 230 valence electrons. The Kier molecular flexibility index (Phi) is 14.2. The molecule has 0 aliphatic carbocycles. The van der Waals surface area contributed by atoms with Crippen molar-refractivity contribution in [3.8, 4) is 72.1 Å². The van der Waals surface area contributed by atoms with Crippen LogP contribution in [-0.2, 0) is 12.8 Å². The third-order valence-electron chi connectivity index (χ3n) is 7.13. The first-order valence-corrected chi connectivity index (χ1v) is 15.4. The second-order valence-electron chi connectivity index (χ2n) is 10.8. The molecule has 0 aliphatic rings. The molecule has 0 atom stereocenters. The van der Waals surface area contributed by atoms with Gasteiger partial charge in [0.15, 0.2) is 23.3 Å². The van der Waals surface area contributed by atoms with Crippen LogP contribution in [0, 0.1) is 95.3 Å². The molecule has 0 saturated carbocycles. The van der Waals surface area contributed by atoms with Crippen LogP contribution in [0.2, 0.25) is 0 Å². The van der Waals surface area contributed by atoms with Crippen LogP contribution >= 0.6 is 0 Å². The van der Waals surface area contributed by atoms with Crippen molar-refractivity contribution in [2.45, 2.75) is 78.1 Å². The highest BCUT2D eigenvalue weighted by Crippen LogP contribution is 2.23. The summed E-state index contributed by atoms with van der Waals surface area (Å²) in [5.74, 6) is 18.0. The van der Waals surface area contributed by atoms with Crippen molar-refractivity contribution < 1.29 is 17.6 Å². The number of aryl methyl sites for hydroxylation is 2. The van der Waals surface area contributed by atoms with Gasteiger partial charge in [0.1, 0.15) is 11.1 Å². The average molecular weight is 615 g/mol. The summed E-state index contributed by atoms with van der Waals surface area (Å²) in [5.41, 5.74) is 2.58. The third-order valence-corrected chi connectivity index (χ3v) is 7.13. The minimum absolute atomic E-state index is 0.586. The lowest BCUT2D eigenvalue weighted by Gasteiger charge is -2.04. The van der Waals surface area contributed by atoms with Crippen molar-refractivity contribution in [3.05, 3.63) is 104 Å².